The monoisotopic (exact) mass is 473 g/mol. The second-order valence-corrected chi connectivity index (χ2v) is 7.44. The summed E-state index contributed by atoms with van der Waals surface area (Å²) in [7, 11) is 1.50. The number of hydrogen-bond acceptors (Lipinski definition) is 6. The summed E-state index contributed by atoms with van der Waals surface area (Å²) in [5, 5.41) is 6.79. The summed E-state index contributed by atoms with van der Waals surface area (Å²) in [4.78, 5) is 24.6. The van der Waals surface area contributed by atoms with E-state index in [1.807, 2.05) is 31.2 Å². The van der Waals surface area contributed by atoms with Gasteiger partial charge in [-0.25, -0.2) is 5.43 Å². The number of amides is 2. The average molecular weight is 474 g/mol. The van der Waals surface area contributed by atoms with Gasteiger partial charge in [-0.15, -0.1) is 0 Å². The van der Waals surface area contributed by atoms with E-state index < -0.39 is 5.91 Å². The summed E-state index contributed by atoms with van der Waals surface area (Å²) in [5.74, 6) is 0.768. The van der Waals surface area contributed by atoms with Crippen LogP contribution >= 0.6 is 0 Å². The molecule has 0 heterocycles. The van der Waals surface area contributed by atoms with Crippen molar-refractivity contribution in [2.75, 3.05) is 25.6 Å². The van der Waals surface area contributed by atoms with Crippen molar-refractivity contribution >= 4 is 23.7 Å². The number of hydrazone groups is 1. The summed E-state index contributed by atoms with van der Waals surface area (Å²) >= 11 is 0. The Morgan fingerprint density at radius 2 is 1.83 bits per heavy atom. The number of carbonyl (C=O) groups is 2. The van der Waals surface area contributed by atoms with Crippen molar-refractivity contribution in [3.8, 4) is 17.2 Å². The lowest BCUT2D eigenvalue weighted by Gasteiger charge is -2.10. The van der Waals surface area contributed by atoms with Gasteiger partial charge in [-0.05, 0) is 60.5 Å². The van der Waals surface area contributed by atoms with Gasteiger partial charge in [-0.1, -0.05) is 36.9 Å². The Hall–Kier alpha value is -4.59. The second-order valence-electron chi connectivity index (χ2n) is 7.44. The summed E-state index contributed by atoms with van der Waals surface area (Å²) in [6, 6.07) is 19.4. The van der Waals surface area contributed by atoms with E-state index in [-0.39, 0.29) is 12.5 Å². The summed E-state index contributed by atoms with van der Waals surface area (Å²) in [6.07, 6.45) is 3.10. The highest BCUT2D eigenvalue weighted by molar-refractivity contribution is 5.95. The molecule has 0 aromatic heterocycles. The highest BCUT2D eigenvalue weighted by Crippen LogP contribution is 2.28. The smallest absolute Gasteiger partial charge is 0.271 e. The lowest BCUT2D eigenvalue weighted by molar-refractivity contribution is -0.118. The van der Waals surface area contributed by atoms with Crippen LogP contribution in [-0.4, -0.2) is 38.4 Å². The van der Waals surface area contributed by atoms with E-state index in [2.05, 4.69) is 22.4 Å². The van der Waals surface area contributed by atoms with Crippen LogP contribution in [0.5, 0.6) is 17.2 Å². The quantitative estimate of drug-likeness (QED) is 0.245. The van der Waals surface area contributed by atoms with Crippen molar-refractivity contribution in [1.82, 2.24) is 5.43 Å². The zero-order chi connectivity index (χ0) is 25.0. The molecule has 3 aromatic rings. The van der Waals surface area contributed by atoms with Crippen LogP contribution in [0, 0.1) is 6.92 Å². The molecule has 2 N–H and O–H groups in total. The Kier molecular flexibility index (Phi) is 9.01. The fourth-order valence-corrected chi connectivity index (χ4v) is 3.06. The second kappa shape index (κ2) is 12.6. The average Bonchev–Trinajstić information content (AvgIpc) is 2.86. The molecule has 0 saturated carbocycles. The zero-order valence-corrected chi connectivity index (χ0v) is 19.6. The number of rotatable bonds is 11. The first-order valence-electron chi connectivity index (χ1n) is 10.8. The van der Waals surface area contributed by atoms with E-state index in [4.69, 9.17) is 14.2 Å². The topological polar surface area (TPSA) is 98.3 Å². The van der Waals surface area contributed by atoms with Crippen LogP contribution in [-0.2, 0) is 4.79 Å². The third-order valence-electron chi connectivity index (χ3n) is 4.69. The maximum Gasteiger partial charge on any atom is 0.271 e. The maximum atomic E-state index is 12.4. The van der Waals surface area contributed by atoms with Crippen molar-refractivity contribution in [2.45, 2.75) is 6.92 Å². The van der Waals surface area contributed by atoms with Crippen molar-refractivity contribution in [1.29, 1.82) is 0 Å². The van der Waals surface area contributed by atoms with Crippen LogP contribution in [0.15, 0.2) is 84.5 Å². The van der Waals surface area contributed by atoms with Gasteiger partial charge in [0, 0.05) is 11.3 Å². The minimum Gasteiger partial charge on any atom is -0.493 e. The van der Waals surface area contributed by atoms with Gasteiger partial charge in [0.2, 0.25) is 0 Å². The van der Waals surface area contributed by atoms with Crippen LogP contribution in [0.2, 0.25) is 0 Å². The number of benzene rings is 3. The molecule has 0 unspecified atom stereocenters. The van der Waals surface area contributed by atoms with E-state index in [0.717, 1.165) is 5.56 Å². The molecule has 2 amide bonds. The first-order chi connectivity index (χ1) is 17.0. The molecule has 0 aliphatic rings. The van der Waals surface area contributed by atoms with E-state index in [1.165, 1.54) is 13.3 Å². The van der Waals surface area contributed by atoms with Crippen molar-refractivity contribution in [3.05, 3.63) is 96.1 Å². The molecule has 0 fully saturated rings. The third kappa shape index (κ3) is 7.75. The summed E-state index contributed by atoms with van der Waals surface area (Å²) in [6.45, 7) is 5.75. The maximum absolute atomic E-state index is 12.4. The molecule has 3 aromatic carbocycles. The normalized spacial score (nSPS) is 10.5. The molecular formula is C27H27N3O5. The zero-order valence-electron chi connectivity index (χ0n) is 19.6. The van der Waals surface area contributed by atoms with Crippen LogP contribution < -0.4 is 25.0 Å². The van der Waals surface area contributed by atoms with Gasteiger partial charge in [-0.2, -0.15) is 5.10 Å². The Labute approximate surface area is 204 Å². The van der Waals surface area contributed by atoms with Crippen LogP contribution in [0.4, 0.5) is 5.69 Å². The fraction of sp³-hybridized carbons (Fsp3) is 0.148. The van der Waals surface area contributed by atoms with Crippen LogP contribution in [0.1, 0.15) is 21.5 Å². The number of nitrogens with zero attached hydrogens (tertiary/aromatic N) is 1. The molecule has 0 spiro atoms. The van der Waals surface area contributed by atoms with Crippen molar-refractivity contribution in [3.63, 3.8) is 0 Å². The number of anilines is 1. The highest BCUT2D eigenvalue weighted by Gasteiger charge is 2.10. The first-order valence-corrected chi connectivity index (χ1v) is 10.8. The van der Waals surface area contributed by atoms with Gasteiger partial charge in [0.05, 0.1) is 13.3 Å². The molecular weight excluding hydrogens is 446 g/mol. The van der Waals surface area contributed by atoms with Crippen molar-refractivity contribution < 1.29 is 23.8 Å². The standard InChI is InChI=1S/C27H27N3O5/c1-4-13-34-24-12-11-21(16-25(24)33-3)27(32)30-28-17-20-8-6-10-23(15-20)35-18-26(31)29-22-9-5-7-19(2)14-22/h4-12,14-17H,1,13,18H2,2-3H3,(H,29,31)(H,30,32)/b28-17+. The number of ether oxygens (including phenoxy) is 3. The lowest BCUT2D eigenvalue weighted by atomic mass is 10.2. The molecule has 0 bridgehead atoms. The molecule has 0 saturated heterocycles. The van der Waals surface area contributed by atoms with Crippen LogP contribution in [0.3, 0.4) is 0 Å². The molecule has 0 aliphatic heterocycles. The lowest BCUT2D eigenvalue weighted by Crippen LogP contribution is -2.20. The van der Waals surface area contributed by atoms with Gasteiger partial charge >= 0.3 is 0 Å². The van der Waals surface area contributed by atoms with Gasteiger partial charge in [0.25, 0.3) is 11.8 Å². The van der Waals surface area contributed by atoms with E-state index in [9.17, 15) is 9.59 Å². The molecule has 0 radical (unpaired) electrons. The minimum atomic E-state index is -0.407. The Balaban J connectivity index is 1.53. The van der Waals surface area contributed by atoms with E-state index in [1.54, 1.807) is 48.5 Å². The summed E-state index contributed by atoms with van der Waals surface area (Å²) < 4.78 is 16.3. The molecule has 0 aliphatic carbocycles. The Morgan fingerprint density at radius 1 is 1.00 bits per heavy atom. The number of aryl methyl sites for hydroxylation is 1. The predicted molar refractivity (Wildman–Crippen MR) is 135 cm³/mol. The predicted octanol–water partition coefficient (Wildman–Crippen LogP) is 4.35. The SMILES string of the molecule is C=CCOc1ccc(C(=O)N/N=C/c2cccc(OCC(=O)Nc3cccc(C)c3)c2)cc1OC. The van der Waals surface area contributed by atoms with Gasteiger partial charge in [0.15, 0.2) is 18.1 Å². The largest absolute Gasteiger partial charge is 0.493 e. The van der Waals surface area contributed by atoms with Gasteiger partial charge in [0.1, 0.15) is 12.4 Å². The highest BCUT2D eigenvalue weighted by atomic mass is 16.5. The number of nitrogens with one attached hydrogen (secondary N) is 2. The molecule has 35 heavy (non-hydrogen) atoms. The fourth-order valence-electron chi connectivity index (χ4n) is 3.06. The minimum absolute atomic E-state index is 0.139. The Morgan fingerprint density at radius 3 is 2.60 bits per heavy atom. The van der Waals surface area contributed by atoms with E-state index in [0.29, 0.717) is 40.7 Å². The number of methoxy groups -OCH3 is 1. The number of hydrogen-bond donors (Lipinski definition) is 2. The third-order valence-corrected chi connectivity index (χ3v) is 4.69. The van der Waals surface area contributed by atoms with Crippen LogP contribution in [0.25, 0.3) is 0 Å². The Bertz CT molecular complexity index is 1220. The molecule has 3 rings (SSSR count). The molecule has 8 heteroatoms. The van der Waals surface area contributed by atoms with E-state index >= 15 is 0 Å². The van der Waals surface area contributed by atoms with Crippen molar-refractivity contribution in [2.24, 2.45) is 5.10 Å². The first kappa shape index (κ1) is 25.0. The molecule has 0 atom stereocenters. The molecule has 8 nitrogen and oxygen atoms in total. The summed E-state index contributed by atoms with van der Waals surface area (Å²) in [5.41, 5.74) is 5.29. The van der Waals surface area contributed by atoms with Gasteiger partial charge < -0.3 is 19.5 Å². The molecule has 180 valence electrons. The van der Waals surface area contributed by atoms with Gasteiger partial charge in [-0.3, -0.25) is 9.59 Å². The number of carbonyl (C=O) groups excluding carboxylic acids is 2.